The molecule has 2 aromatic carbocycles. The van der Waals surface area contributed by atoms with Crippen LogP contribution in [0.5, 0.6) is 0 Å². The molecule has 4 aromatic rings. The number of alkyl halides is 8. The van der Waals surface area contributed by atoms with Gasteiger partial charge in [-0.15, -0.1) is 0 Å². The van der Waals surface area contributed by atoms with E-state index >= 15 is 8.78 Å². The first-order valence-corrected chi connectivity index (χ1v) is 24.9. The monoisotopic (exact) mass is 1140 g/mol. The summed E-state index contributed by atoms with van der Waals surface area (Å²) in [5.74, 6) is 0.693. The fourth-order valence-electron chi connectivity index (χ4n) is 9.49. The lowest BCUT2D eigenvalue weighted by molar-refractivity contribution is -0.221. The second-order valence-corrected chi connectivity index (χ2v) is 20.8. The molecular weight excluding hydrogens is 1080 g/mol. The molecule has 0 saturated carbocycles. The molecule has 4 aliphatic rings. The number of rotatable bonds is 20. The number of carbonyl (C=O) groups is 4. The molecule has 6 N–H and O–H groups in total. The molecule has 6 atom stereocenters. The van der Waals surface area contributed by atoms with Gasteiger partial charge in [-0.25, -0.2) is 37.1 Å². The number of methoxy groups -OCH3 is 1. The van der Waals surface area contributed by atoms with Crippen molar-refractivity contribution in [2.75, 3.05) is 44.9 Å². The van der Waals surface area contributed by atoms with E-state index in [0.717, 1.165) is 56.5 Å². The highest BCUT2D eigenvalue weighted by atomic mass is 19.4. The van der Waals surface area contributed by atoms with Gasteiger partial charge in [0, 0.05) is 72.9 Å². The van der Waals surface area contributed by atoms with E-state index in [9.17, 15) is 64.5 Å². The van der Waals surface area contributed by atoms with Gasteiger partial charge >= 0.3 is 24.5 Å². The summed E-state index contributed by atoms with van der Waals surface area (Å²) in [6.07, 6.45) is -15.7. The van der Waals surface area contributed by atoms with Crippen molar-refractivity contribution in [1.82, 2.24) is 46.0 Å². The summed E-state index contributed by atoms with van der Waals surface area (Å²) in [6.45, 7) is 2.12. The molecule has 6 heterocycles. The Bertz CT molecular complexity index is 2890. The van der Waals surface area contributed by atoms with Crippen molar-refractivity contribution in [3.8, 4) is 23.1 Å². The van der Waals surface area contributed by atoms with Gasteiger partial charge in [-0.1, -0.05) is 24.0 Å². The maximum Gasteiger partial charge on any atom is 0.407 e. The first-order valence-electron chi connectivity index (χ1n) is 24.9. The summed E-state index contributed by atoms with van der Waals surface area (Å²) in [5.41, 5.74) is -4.35. The van der Waals surface area contributed by atoms with Crippen molar-refractivity contribution in [3.05, 3.63) is 101 Å². The Balaban J connectivity index is 1.17. The average molecular weight is 1140 g/mol. The zero-order valence-corrected chi connectivity index (χ0v) is 43.6. The highest BCUT2D eigenvalue weighted by Crippen LogP contribution is 2.42. The number of aliphatic hydroxyl groups excluding tert-OH is 1. The van der Waals surface area contributed by atoms with Gasteiger partial charge in [-0.2, -0.15) is 31.4 Å². The predicted molar refractivity (Wildman–Crippen MR) is 265 cm³/mol. The van der Waals surface area contributed by atoms with Crippen molar-refractivity contribution in [1.29, 1.82) is 0 Å². The third-order valence-electron chi connectivity index (χ3n) is 14.5. The van der Waals surface area contributed by atoms with Crippen molar-refractivity contribution in [3.63, 3.8) is 0 Å². The molecule has 2 unspecified atom stereocenters. The summed E-state index contributed by atoms with van der Waals surface area (Å²) in [5, 5.41) is 31.5. The lowest BCUT2D eigenvalue weighted by Gasteiger charge is -2.60. The number of pyridine rings is 1. The Kier molecular flexibility index (Phi) is 18.3. The topological polar surface area (TPSA) is 216 Å². The Labute approximate surface area is 452 Å². The molecule has 0 aliphatic carbocycles. The molecular formula is C52H58F10N10O8. The fraction of sp³-hybridized carbons (Fsp3) is 0.500. The highest BCUT2D eigenvalue weighted by molar-refractivity contribution is 5.87. The van der Waals surface area contributed by atoms with E-state index in [1.54, 1.807) is 6.20 Å². The van der Waals surface area contributed by atoms with Gasteiger partial charge in [0.05, 0.1) is 55.0 Å². The summed E-state index contributed by atoms with van der Waals surface area (Å²) >= 11 is 0. The van der Waals surface area contributed by atoms with Gasteiger partial charge in [-0.3, -0.25) is 24.6 Å². The number of anilines is 1. The van der Waals surface area contributed by atoms with Crippen LogP contribution >= 0.6 is 0 Å². The Morgan fingerprint density at radius 1 is 0.825 bits per heavy atom. The molecule has 4 fully saturated rings. The van der Waals surface area contributed by atoms with Gasteiger partial charge in [0.1, 0.15) is 36.1 Å². The molecule has 0 radical (unpaired) electrons. The number of carbonyl (C=O) groups excluding carboxylic acids is 3. The Morgan fingerprint density at radius 2 is 1.41 bits per heavy atom. The van der Waals surface area contributed by atoms with Gasteiger partial charge < -0.3 is 40.5 Å². The summed E-state index contributed by atoms with van der Waals surface area (Å²) in [6, 6.07) is 6.68. The number of amides is 4. The number of carboxylic acid groups (broad SMARTS) is 1. The number of hydrogen-bond acceptors (Lipinski definition) is 12. The van der Waals surface area contributed by atoms with Crippen molar-refractivity contribution in [2.45, 2.75) is 115 Å². The predicted octanol–water partition coefficient (Wildman–Crippen LogP) is 6.01. The van der Waals surface area contributed by atoms with E-state index in [0.29, 0.717) is 74.1 Å². The van der Waals surface area contributed by atoms with Crippen LogP contribution in [0.25, 0.3) is 11.3 Å². The molecule has 18 nitrogen and oxygen atoms in total. The summed E-state index contributed by atoms with van der Waals surface area (Å²) < 4.78 is 156. The third-order valence-corrected chi connectivity index (χ3v) is 14.5. The number of nitrogens with zero attached hydrogens (tertiary/aromatic N) is 6. The number of hydrogen-bond donors (Lipinski definition) is 6. The number of aliphatic hydroxyl groups is 1. The van der Waals surface area contributed by atoms with Crippen molar-refractivity contribution >= 4 is 29.8 Å². The van der Waals surface area contributed by atoms with E-state index in [4.69, 9.17) is 4.74 Å². The molecule has 8 rings (SSSR count). The normalized spacial score (nSPS) is 18.4. The van der Waals surface area contributed by atoms with Crippen molar-refractivity contribution < 1.29 is 82.8 Å². The van der Waals surface area contributed by atoms with Gasteiger partial charge in [0.15, 0.2) is 0 Å². The SMILES string of the molecule is COC(=O)N[C@H](C(=O)N[C@@H](Cc1ccc(C#Cc2ccc(N3CC4CC(C3)N4C3COC3)nc2)cc1)[C@@H](O)CN(Cc1c(F)cc(-c2ccn(CC(F)F)n2)cc1F)NC(=O)[C@@H](NC(=O)O)C(C)(C)C(F)(F)F)C(C)(C)C(F)(F)F. The number of alkyl carbamates (subject to hydrolysis) is 1. The molecule has 434 valence electrons. The number of benzene rings is 2. The second-order valence-electron chi connectivity index (χ2n) is 20.8. The molecule has 4 saturated heterocycles. The van der Waals surface area contributed by atoms with Crippen LogP contribution < -0.4 is 26.3 Å². The van der Waals surface area contributed by atoms with Crippen LogP contribution in [0.1, 0.15) is 56.4 Å². The lowest BCUT2D eigenvalue weighted by Crippen LogP contribution is -2.74. The Morgan fingerprint density at radius 3 is 1.94 bits per heavy atom. The maximum atomic E-state index is 16.1. The van der Waals surface area contributed by atoms with Gasteiger partial charge in [0.25, 0.3) is 12.3 Å². The lowest BCUT2D eigenvalue weighted by atomic mass is 9.82. The fourth-order valence-corrected chi connectivity index (χ4v) is 9.49. The Hall–Kier alpha value is -7.22. The van der Waals surface area contributed by atoms with Crippen LogP contribution in [-0.2, 0) is 38.6 Å². The van der Waals surface area contributed by atoms with Crippen LogP contribution in [0.3, 0.4) is 0 Å². The average Bonchev–Trinajstić information content (AvgIpc) is 4.00. The summed E-state index contributed by atoms with van der Waals surface area (Å²) in [7, 11) is 0.814. The van der Waals surface area contributed by atoms with Crippen LogP contribution in [0.15, 0.2) is 67.0 Å². The molecule has 80 heavy (non-hydrogen) atoms. The standard InChI is InChI=1S/C52H58F10N10O8/c1-49(2,51(57,58)59)43(66-48(78)79-5)45(74)64-39(16-29-9-6-28(7-10-29)8-11-30-12-13-42(63-20-30)69-21-32-19-33(22-69)72(32)34-26-80-27-34)40(73)24-71(68-46(75)44(65-47(76)77)50(3,4)52(60,61)62)23-35-36(53)17-31(18-37(35)54)38-14-15-70(67-38)25-41(55)56/h6-7,9-10,12-15,17-18,20,32-34,39-41,43-44,65,73H,16,19,21-27H2,1-5H3,(H,64,74)(H,66,78)(H,68,75)(H,76,77)/t32?,33?,39-,40-,43+,44+/m0/s1. The number of halogens is 10. The molecule has 2 bridgehead atoms. The smallest absolute Gasteiger partial charge is 0.407 e. The van der Waals surface area contributed by atoms with E-state index in [2.05, 4.69) is 41.8 Å². The van der Waals surface area contributed by atoms with Gasteiger partial charge in [0.2, 0.25) is 5.91 Å². The minimum absolute atomic E-state index is 0.168. The van der Waals surface area contributed by atoms with E-state index in [1.807, 2.05) is 22.9 Å². The van der Waals surface area contributed by atoms with Gasteiger partial charge in [-0.05, 0) is 88.6 Å². The van der Waals surface area contributed by atoms with Crippen LogP contribution in [0.4, 0.5) is 59.3 Å². The minimum Gasteiger partial charge on any atom is -0.465 e. The first-order chi connectivity index (χ1) is 37.4. The minimum atomic E-state index is -5.28. The zero-order chi connectivity index (χ0) is 58.6. The van der Waals surface area contributed by atoms with Crippen LogP contribution in [0, 0.1) is 34.3 Å². The number of aromatic nitrogens is 3. The molecule has 2 aromatic heterocycles. The van der Waals surface area contributed by atoms with Crippen molar-refractivity contribution in [2.24, 2.45) is 10.8 Å². The summed E-state index contributed by atoms with van der Waals surface area (Å²) in [4.78, 5) is 61.5. The number of fused-ring (bicyclic) bond motifs is 2. The maximum absolute atomic E-state index is 16.1. The van der Waals surface area contributed by atoms with Crippen LogP contribution in [-0.4, -0.2) is 160 Å². The zero-order valence-electron chi connectivity index (χ0n) is 43.6. The number of piperazine rings is 1. The van der Waals surface area contributed by atoms with Crippen LogP contribution in [0.2, 0.25) is 0 Å². The number of ether oxygens (including phenoxy) is 2. The molecule has 4 amide bonds. The molecule has 0 spiro atoms. The highest BCUT2D eigenvalue weighted by Gasteiger charge is 2.57. The van der Waals surface area contributed by atoms with E-state index in [1.165, 1.54) is 35.6 Å². The second kappa shape index (κ2) is 24.2. The molecule has 28 heteroatoms. The first kappa shape index (κ1) is 60.4. The van der Waals surface area contributed by atoms with E-state index < -0.39 is 121 Å². The largest absolute Gasteiger partial charge is 0.465 e. The quantitative estimate of drug-likeness (QED) is 0.0340. The van der Waals surface area contributed by atoms with E-state index in [-0.39, 0.29) is 16.8 Å². The third kappa shape index (κ3) is 14.0. The number of piperidine rings is 1. The molecule has 4 aliphatic heterocycles. The number of nitrogens with one attached hydrogen (secondary N) is 4. The number of hydrazine groups is 1.